The first-order valence-electron chi connectivity index (χ1n) is 15.4. The Hall–Kier alpha value is -3.15. The molecule has 0 aromatic heterocycles. The van der Waals surface area contributed by atoms with Gasteiger partial charge in [-0.25, -0.2) is 0 Å². The van der Waals surface area contributed by atoms with Crippen LogP contribution in [0.5, 0.6) is 5.75 Å². The van der Waals surface area contributed by atoms with Crippen molar-refractivity contribution in [2.24, 2.45) is 35.3 Å². The maximum atomic E-state index is 14.1. The van der Waals surface area contributed by atoms with E-state index in [1.54, 1.807) is 20.2 Å². The maximum absolute atomic E-state index is 14.1. The molecular formula is C32H42N4O7. The molecule has 2 unspecified atom stereocenters. The molecule has 43 heavy (non-hydrogen) atoms. The van der Waals surface area contributed by atoms with Crippen LogP contribution in [0.25, 0.3) is 0 Å². The van der Waals surface area contributed by atoms with E-state index in [4.69, 9.17) is 5.73 Å². The third-order valence-electron chi connectivity index (χ3n) is 10.7. The lowest BCUT2D eigenvalue weighted by Crippen LogP contribution is -2.74. The Morgan fingerprint density at radius 1 is 1.05 bits per heavy atom. The third-order valence-corrected chi connectivity index (χ3v) is 10.7. The number of nitrogens with two attached hydrogens (primary N) is 1. The Kier molecular flexibility index (Phi) is 7.29. The van der Waals surface area contributed by atoms with Crippen LogP contribution in [0, 0.1) is 29.6 Å². The average molecular weight is 595 g/mol. The summed E-state index contributed by atoms with van der Waals surface area (Å²) in [6.07, 6.45) is 6.27. The SMILES string of the molecule is CN(C)c1c(CN(CC2CC2)C2CCC2)cc(O)c2c1C[C@H]1C[C@H]3[C@H](N(C)C)C(=O)C(C(N)=O)C(=O)[C@@]3(O)C(=O)C1C2=O. The molecule has 5 aliphatic carbocycles. The highest BCUT2D eigenvalue weighted by molar-refractivity contribution is 6.32. The van der Waals surface area contributed by atoms with Crippen LogP contribution >= 0.6 is 0 Å². The van der Waals surface area contributed by atoms with Crippen LogP contribution in [-0.4, -0.2) is 101 Å². The molecule has 0 heterocycles. The Balaban J connectivity index is 1.42. The zero-order chi connectivity index (χ0) is 31.1. The minimum atomic E-state index is -2.72. The number of phenols is 1. The average Bonchev–Trinajstić information content (AvgIpc) is 3.68. The van der Waals surface area contributed by atoms with Crippen LogP contribution in [0.2, 0.25) is 0 Å². The number of ketones is 4. The van der Waals surface area contributed by atoms with Crippen molar-refractivity contribution in [2.75, 3.05) is 39.6 Å². The number of phenolic OH excluding ortho intramolecular Hbond substituents is 1. The van der Waals surface area contributed by atoms with E-state index in [-0.39, 0.29) is 24.2 Å². The molecule has 0 bridgehead atoms. The predicted molar refractivity (Wildman–Crippen MR) is 156 cm³/mol. The molecule has 0 spiro atoms. The first-order chi connectivity index (χ1) is 20.3. The van der Waals surface area contributed by atoms with Gasteiger partial charge in [0, 0.05) is 44.8 Å². The molecule has 1 aromatic carbocycles. The summed E-state index contributed by atoms with van der Waals surface area (Å²) in [5, 5.41) is 23.1. The number of carbonyl (C=O) groups is 5. The van der Waals surface area contributed by atoms with Crippen LogP contribution in [0.1, 0.15) is 60.0 Å². The van der Waals surface area contributed by atoms with Gasteiger partial charge in [0.1, 0.15) is 5.75 Å². The molecule has 1 amide bonds. The lowest BCUT2D eigenvalue weighted by atomic mass is 9.52. The van der Waals surface area contributed by atoms with Crippen molar-refractivity contribution in [3.05, 3.63) is 22.8 Å². The Morgan fingerprint density at radius 2 is 1.72 bits per heavy atom. The van der Waals surface area contributed by atoms with Gasteiger partial charge in [0.2, 0.25) is 5.91 Å². The zero-order valence-electron chi connectivity index (χ0n) is 25.3. The predicted octanol–water partition coefficient (Wildman–Crippen LogP) is 0.698. The summed E-state index contributed by atoms with van der Waals surface area (Å²) in [5.41, 5.74) is 5.12. The number of hydrogen-bond acceptors (Lipinski definition) is 10. The lowest BCUT2D eigenvalue weighted by Gasteiger charge is -2.52. The molecule has 4 fully saturated rings. The van der Waals surface area contributed by atoms with Gasteiger partial charge in [-0.15, -0.1) is 0 Å². The molecule has 232 valence electrons. The summed E-state index contributed by atoms with van der Waals surface area (Å²) < 4.78 is 0. The largest absolute Gasteiger partial charge is 0.507 e. The van der Waals surface area contributed by atoms with Crippen molar-refractivity contribution < 1.29 is 34.2 Å². The number of amides is 1. The van der Waals surface area contributed by atoms with Gasteiger partial charge in [-0.2, -0.15) is 0 Å². The number of benzene rings is 1. The quantitative estimate of drug-likeness (QED) is 0.365. The molecule has 0 radical (unpaired) electrons. The van der Waals surface area contributed by atoms with E-state index < -0.39 is 64.4 Å². The normalized spacial score (nSPS) is 32.4. The number of aliphatic hydroxyl groups is 1. The number of Topliss-reactive ketones (excluding diaryl/α,β-unsaturated/α-hetero) is 4. The summed E-state index contributed by atoms with van der Waals surface area (Å²) in [6, 6.07) is 1.01. The number of rotatable bonds is 8. The fourth-order valence-corrected chi connectivity index (χ4v) is 8.35. The number of fused-ring (bicyclic) bond motifs is 3. The van der Waals surface area contributed by atoms with Crippen molar-refractivity contribution in [1.82, 2.24) is 9.80 Å². The number of likely N-dealkylation sites (N-methyl/N-ethyl adjacent to an activating group) is 1. The van der Waals surface area contributed by atoms with Crippen molar-refractivity contribution in [3.63, 3.8) is 0 Å². The Morgan fingerprint density at radius 3 is 2.26 bits per heavy atom. The van der Waals surface area contributed by atoms with Gasteiger partial charge in [-0.05, 0) is 81.6 Å². The first kappa shape index (κ1) is 29.9. The van der Waals surface area contributed by atoms with Crippen molar-refractivity contribution in [3.8, 4) is 5.75 Å². The van der Waals surface area contributed by atoms with E-state index in [2.05, 4.69) is 4.90 Å². The number of hydrogen-bond donors (Lipinski definition) is 3. The third kappa shape index (κ3) is 4.54. The molecule has 0 saturated heterocycles. The second kappa shape index (κ2) is 10.5. The molecule has 5 aliphatic rings. The number of nitrogens with zero attached hydrogens (tertiary/aromatic N) is 3. The zero-order valence-corrected chi connectivity index (χ0v) is 25.3. The van der Waals surface area contributed by atoms with Gasteiger partial charge in [-0.3, -0.25) is 33.8 Å². The van der Waals surface area contributed by atoms with Crippen molar-refractivity contribution in [2.45, 2.75) is 69.2 Å². The van der Waals surface area contributed by atoms with Crippen molar-refractivity contribution in [1.29, 1.82) is 0 Å². The van der Waals surface area contributed by atoms with Crippen molar-refractivity contribution >= 4 is 34.7 Å². The number of carbonyl (C=O) groups excluding carboxylic acids is 5. The van der Waals surface area contributed by atoms with Crippen LogP contribution in [0.15, 0.2) is 6.07 Å². The summed E-state index contributed by atoms with van der Waals surface area (Å²) in [5.74, 6) is -9.54. The second-order valence-electron chi connectivity index (χ2n) is 13.9. The van der Waals surface area contributed by atoms with Crippen LogP contribution < -0.4 is 10.6 Å². The molecule has 4 N–H and O–H groups in total. The van der Waals surface area contributed by atoms with Gasteiger partial charge >= 0.3 is 0 Å². The highest BCUT2D eigenvalue weighted by Crippen LogP contribution is 2.52. The maximum Gasteiger partial charge on any atom is 0.235 e. The summed E-state index contributed by atoms with van der Waals surface area (Å²) >= 11 is 0. The molecule has 6 rings (SSSR count). The van der Waals surface area contributed by atoms with E-state index in [0.29, 0.717) is 24.1 Å². The fraction of sp³-hybridized carbons (Fsp3) is 0.656. The summed E-state index contributed by atoms with van der Waals surface area (Å²) in [4.78, 5) is 73.2. The van der Waals surface area contributed by atoms with E-state index >= 15 is 0 Å². The van der Waals surface area contributed by atoms with Crippen LogP contribution in [0.3, 0.4) is 0 Å². The van der Waals surface area contributed by atoms with Gasteiger partial charge in [-0.1, -0.05) is 6.42 Å². The monoisotopic (exact) mass is 594 g/mol. The standard InChI is InChI=1S/C32H42N4O7/c1-34(2)25-17(14-36(13-15-8-9-15)18-6-5-7-18)12-21(37)23-19(25)10-16-11-20-26(35(3)4)28(39)24(31(33)42)30(41)32(20,43)29(40)22(16)27(23)38/h12,15-16,18,20,22,24,26,37,43H,5-11,13-14H2,1-4H3,(H2,33,42)/t16-,20-,22?,24?,26-,32-/m0/s1. The lowest BCUT2D eigenvalue weighted by molar-refractivity contribution is -0.181. The second-order valence-corrected chi connectivity index (χ2v) is 13.9. The molecule has 1 aromatic rings. The number of primary amides is 1. The minimum absolute atomic E-state index is 0.0384. The van der Waals surface area contributed by atoms with Gasteiger partial charge in [0.25, 0.3) is 0 Å². The highest BCUT2D eigenvalue weighted by atomic mass is 16.3. The minimum Gasteiger partial charge on any atom is -0.507 e. The fourth-order valence-electron chi connectivity index (χ4n) is 8.35. The van der Waals surface area contributed by atoms with Crippen LogP contribution in [-0.2, 0) is 32.1 Å². The van der Waals surface area contributed by atoms with E-state index in [1.807, 2.05) is 19.0 Å². The molecule has 0 aliphatic heterocycles. The van der Waals surface area contributed by atoms with E-state index in [9.17, 15) is 34.2 Å². The van der Waals surface area contributed by atoms with E-state index in [0.717, 1.165) is 30.6 Å². The topological polar surface area (TPSA) is 162 Å². The van der Waals surface area contributed by atoms with Gasteiger partial charge in [0.05, 0.1) is 17.5 Å². The van der Waals surface area contributed by atoms with E-state index in [1.165, 1.54) is 24.2 Å². The first-order valence-corrected chi connectivity index (χ1v) is 15.4. The molecule has 11 heteroatoms. The number of aromatic hydroxyl groups is 1. The van der Waals surface area contributed by atoms with Crippen LogP contribution in [0.4, 0.5) is 5.69 Å². The van der Waals surface area contributed by atoms with Gasteiger partial charge in [0.15, 0.2) is 34.7 Å². The summed E-state index contributed by atoms with van der Waals surface area (Å²) in [6.45, 7) is 1.65. The molecule has 4 saturated carbocycles. The Labute approximate surface area is 251 Å². The highest BCUT2D eigenvalue weighted by Gasteiger charge is 2.69. The summed E-state index contributed by atoms with van der Waals surface area (Å²) in [7, 11) is 6.96. The number of anilines is 1. The Bertz CT molecular complexity index is 1410. The van der Waals surface area contributed by atoms with Gasteiger partial charge < -0.3 is 20.8 Å². The molecule has 11 nitrogen and oxygen atoms in total. The molecular weight excluding hydrogens is 552 g/mol. The molecule has 6 atom stereocenters. The smallest absolute Gasteiger partial charge is 0.235 e.